The Bertz CT molecular complexity index is 631. The molecule has 124 valence electrons. The summed E-state index contributed by atoms with van der Waals surface area (Å²) < 4.78 is 6.97. The van der Waals surface area contributed by atoms with Gasteiger partial charge in [0.25, 0.3) is 5.91 Å². The van der Waals surface area contributed by atoms with Crippen molar-refractivity contribution in [3.8, 4) is 5.75 Å². The van der Waals surface area contributed by atoms with Crippen molar-refractivity contribution in [2.45, 2.75) is 25.9 Å². The molecule has 0 saturated heterocycles. The number of benzene rings is 1. The van der Waals surface area contributed by atoms with Crippen molar-refractivity contribution in [3.05, 3.63) is 50.1 Å². The lowest BCUT2D eigenvalue weighted by Crippen LogP contribution is -2.40. The first-order valence-corrected chi connectivity index (χ1v) is 9.26. The minimum absolute atomic E-state index is 0.129. The average Bonchev–Trinajstić information content (AvgIpc) is 2.53. The van der Waals surface area contributed by atoms with Gasteiger partial charge in [-0.05, 0) is 59.5 Å². The summed E-state index contributed by atoms with van der Waals surface area (Å²) in [6.07, 6.45) is 7.29. The van der Waals surface area contributed by atoms with Crippen LogP contribution in [-0.4, -0.2) is 18.6 Å². The van der Waals surface area contributed by atoms with E-state index < -0.39 is 6.10 Å². The molecule has 6 heteroatoms. The summed E-state index contributed by atoms with van der Waals surface area (Å²) in [5.74, 6) is 0.665. The van der Waals surface area contributed by atoms with Gasteiger partial charge in [-0.2, -0.15) is 0 Å². The third kappa shape index (κ3) is 5.69. The normalized spacial score (nSPS) is 18.3. The van der Waals surface area contributed by atoms with Crippen LogP contribution < -0.4 is 10.1 Å². The number of ether oxygens (including phenoxy) is 1. The quantitative estimate of drug-likeness (QED) is 0.589. The van der Waals surface area contributed by atoms with Gasteiger partial charge in [-0.25, -0.2) is 0 Å². The number of carbonyl (C=O) groups excluding carboxylic acids is 1. The van der Waals surface area contributed by atoms with Gasteiger partial charge in [0.1, 0.15) is 5.75 Å². The first kappa shape index (κ1) is 18.6. The SMILES string of the molecule is CCC(Oc1ccc(Cl)cc1Cl)C(=O)NC[C@@H]1C=CC(I)=CC1. The number of amides is 1. The van der Waals surface area contributed by atoms with E-state index in [2.05, 4.69) is 46.1 Å². The molecule has 23 heavy (non-hydrogen) atoms. The zero-order valence-corrected chi connectivity index (χ0v) is 16.4. The van der Waals surface area contributed by atoms with E-state index in [1.54, 1.807) is 18.2 Å². The largest absolute Gasteiger partial charge is 0.479 e. The van der Waals surface area contributed by atoms with E-state index in [0.717, 1.165) is 6.42 Å². The molecule has 1 aromatic carbocycles. The van der Waals surface area contributed by atoms with Crippen molar-refractivity contribution in [2.75, 3.05) is 6.54 Å². The van der Waals surface area contributed by atoms with E-state index in [-0.39, 0.29) is 5.91 Å². The number of hydrogen-bond donors (Lipinski definition) is 1. The zero-order chi connectivity index (χ0) is 16.8. The topological polar surface area (TPSA) is 38.3 Å². The van der Waals surface area contributed by atoms with Crippen LogP contribution in [-0.2, 0) is 4.79 Å². The minimum Gasteiger partial charge on any atom is -0.479 e. The average molecular weight is 466 g/mol. The van der Waals surface area contributed by atoms with Crippen LogP contribution in [0.5, 0.6) is 5.75 Å². The number of carbonyl (C=O) groups is 1. The van der Waals surface area contributed by atoms with Crippen LogP contribution in [0.2, 0.25) is 10.0 Å². The van der Waals surface area contributed by atoms with Crippen LogP contribution in [0, 0.1) is 5.92 Å². The smallest absolute Gasteiger partial charge is 0.261 e. The zero-order valence-electron chi connectivity index (χ0n) is 12.7. The molecule has 0 spiro atoms. The van der Waals surface area contributed by atoms with Gasteiger partial charge in [0, 0.05) is 15.1 Å². The van der Waals surface area contributed by atoms with E-state index in [4.69, 9.17) is 27.9 Å². The van der Waals surface area contributed by atoms with Gasteiger partial charge in [-0.1, -0.05) is 48.4 Å². The summed E-state index contributed by atoms with van der Waals surface area (Å²) in [6, 6.07) is 4.97. The molecule has 0 radical (unpaired) electrons. The summed E-state index contributed by atoms with van der Waals surface area (Å²) >= 11 is 14.2. The van der Waals surface area contributed by atoms with Crippen molar-refractivity contribution in [2.24, 2.45) is 5.92 Å². The fourth-order valence-corrected chi connectivity index (χ4v) is 3.10. The highest BCUT2D eigenvalue weighted by Crippen LogP contribution is 2.28. The molecule has 1 aliphatic rings. The summed E-state index contributed by atoms with van der Waals surface area (Å²) in [7, 11) is 0. The van der Waals surface area contributed by atoms with E-state index in [1.807, 2.05) is 6.92 Å². The Hall–Kier alpha value is -0.720. The molecule has 0 saturated carbocycles. The molecular weight excluding hydrogens is 448 g/mol. The van der Waals surface area contributed by atoms with Gasteiger partial charge in [-0.15, -0.1) is 0 Å². The summed E-state index contributed by atoms with van der Waals surface area (Å²) in [4.78, 5) is 12.3. The molecule has 0 bridgehead atoms. The van der Waals surface area contributed by atoms with Crippen molar-refractivity contribution in [1.29, 1.82) is 0 Å². The molecule has 0 heterocycles. The third-order valence-corrected chi connectivity index (χ3v) is 4.84. The molecule has 1 N–H and O–H groups in total. The monoisotopic (exact) mass is 465 g/mol. The second-order valence-electron chi connectivity index (χ2n) is 5.28. The van der Waals surface area contributed by atoms with Crippen LogP contribution in [0.3, 0.4) is 0 Å². The summed E-state index contributed by atoms with van der Waals surface area (Å²) in [6.45, 7) is 2.50. The van der Waals surface area contributed by atoms with Gasteiger partial charge in [0.05, 0.1) is 5.02 Å². The number of allylic oxidation sites excluding steroid dienone is 3. The predicted octanol–water partition coefficient (Wildman–Crippen LogP) is 5.16. The van der Waals surface area contributed by atoms with Crippen LogP contribution in [0.1, 0.15) is 19.8 Å². The molecule has 2 atom stereocenters. The number of halogens is 3. The Morgan fingerprint density at radius 1 is 1.48 bits per heavy atom. The van der Waals surface area contributed by atoms with Crippen LogP contribution in [0.15, 0.2) is 40.0 Å². The fraction of sp³-hybridized carbons (Fsp3) is 0.353. The molecule has 0 aromatic heterocycles. The van der Waals surface area contributed by atoms with Crippen molar-refractivity contribution < 1.29 is 9.53 Å². The highest BCUT2D eigenvalue weighted by atomic mass is 127. The Labute approximate surface area is 160 Å². The maximum Gasteiger partial charge on any atom is 0.261 e. The first-order chi connectivity index (χ1) is 11.0. The Morgan fingerprint density at radius 2 is 2.26 bits per heavy atom. The predicted molar refractivity (Wildman–Crippen MR) is 104 cm³/mol. The summed E-state index contributed by atoms with van der Waals surface area (Å²) in [5, 5.41) is 3.89. The highest BCUT2D eigenvalue weighted by Gasteiger charge is 2.20. The standard InChI is InChI=1S/C17H18Cl2INO2/c1-2-15(23-16-8-5-12(18)9-14(16)19)17(22)21-10-11-3-6-13(20)7-4-11/h3,5-9,11,15H,2,4,10H2,1H3,(H,21,22)/t11-,15?/m1/s1. The lowest BCUT2D eigenvalue weighted by molar-refractivity contribution is -0.128. The van der Waals surface area contributed by atoms with Gasteiger partial charge in [0.2, 0.25) is 0 Å². The van der Waals surface area contributed by atoms with Crippen LogP contribution in [0.4, 0.5) is 0 Å². The maximum absolute atomic E-state index is 12.3. The lowest BCUT2D eigenvalue weighted by atomic mass is 10.0. The fourth-order valence-electron chi connectivity index (χ4n) is 2.18. The second kappa shape index (κ2) is 8.94. The molecule has 1 aromatic rings. The van der Waals surface area contributed by atoms with E-state index >= 15 is 0 Å². The number of hydrogen-bond acceptors (Lipinski definition) is 2. The molecule has 1 amide bonds. The Kier molecular flexibility index (Phi) is 7.24. The molecule has 0 aliphatic heterocycles. The van der Waals surface area contributed by atoms with Gasteiger partial charge < -0.3 is 10.1 Å². The molecule has 0 fully saturated rings. The van der Waals surface area contributed by atoms with Crippen molar-refractivity contribution in [3.63, 3.8) is 0 Å². The highest BCUT2D eigenvalue weighted by molar-refractivity contribution is 14.1. The first-order valence-electron chi connectivity index (χ1n) is 7.43. The molecule has 3 nitrogen and oxygen atoms in total. The maximum atomic E-state index is 12.3. The number of nitrogens with one attached hydrogen (secondary N) is 1. The third-order valence-electron chi connectivity index (χ3n) is 3.51. The molecular formula is C17H18Cl2INO2. The van der Waals surface area contributed by atoms with E-state index in [9.17, 15) is 4.79 Å². The summed E-state index contributed by atoms with van der Waals surface area (Å²) in [5.41, 5.74) is 0. The molecule has 2 rings (SSSR count). The number of rotatable bonds is 6. The Balaban J connectivity index is 1.89. The lowest BCUT2D eigenvalue weighted by Gasteiger charge is -2.20. The second-order valence-corrected chi connectivity index (χ2v) is 7.37. The van der Waals surface area contributed by atoms with E-state index in [1.165, 1.54) is 3.58 Å². The van der Waals surface area contributed by atoms with E-state index in [0.29, 0.717) is 34.7 Å². The van der Waals surface area contributed by atoms with Gasteiger partial charge >= 0.3 is 0 Å². The van der Waals surface area contributed by atoms with Crippen molar-refractivity contribution >= 4 is 51.7 Å². The molecule has 1 unspecified atom stereocenters. The van der Waals surface area contributed by atoms with Crippen LogP contribution >= 0.6 is 45.8 Å². The van der Waals surface area contributed by atoms with Gasteiger partial charge in [-0.3, -0.25) is 4.79 Å². The Morgan fingerprint density at radius 3 is 2.87 bits per heavy atom. The molecule has 1 aliphatic carbocycles. The van der Waals surface area contributed by atoms with Crippen LogP contribution in [0.25, 0.3) is 0 Å². The van der Waals surface area contributed by atoms with Crippen molar-refractivity contribution in [1.82, 2.24) is 5.32 Å². The minimum atomic E-state index is -0.572. The van der Waals surface area contributed by atoms with Gasteiger partial charge in [0.15, 0.2) is 6.10 Å².